The third-order valence-electron chi connectivity index (χ3n) is 2.85. The van der Waals surface area contributed by atoms with Gasteiger partial charge < -0.3 is 5.32 Å². The van der Waals surface area contributed by atoms with Crippen LogP contribution in [-0.2, 0) is 0 Å². The van der Waals surface area contributed by atoms with E-state index in [1.165, 1.54) is 19.3 Å². The molecule has 0 aliphatic heterocycles. The molecule has 2 unspecified atom stereocenters. The molecule has 0 amide bonds. The lowest BCUT2D eigenvalue weighted by Gasteiger charge is -2.31. The van der Waals surface area contributed by atoms with Crippen molar-refractivity contribution in [3.05, 3.63) is 0 Å². The Hall–Kier alpha value is -0.550. The maximum atomic E-state index is 8.41. The van der Waals surface area contributed by atoms with Crippen LogP contribution in [0.25, 0.3) is 0 Å². The van der Waals surface area contributed by atoms with E-state index in [0.29, 0.717) is 12.5 Å². The van der Waals surface area contributed by atoms with Crippen molar-refractivity contribution in [3.63, 3.8) is 0 Å². The summed E-state index contributed by atoms with van der Waals surface area (Å²) >= 11 is 0. The Morgan fingerprint density at radius 3 is 2.38 bits per heavy atom. The zero-order chi connectivity index (χ0) is 9.68. The van der Waals surface area contributed by atoms with Crippen molar-refractivity contribution < 1.29 is 0 Å². The molecule has 1 aliphatic carbocycles. The lowest BCUT2D eigenvalue weighted by Crippen LogP contribution is -2.36. The highest BCUT2D eigenvalue weighted by molar-refractivity contribution is 4.81. The molecule has 0 aromatic rings. The molecular formula is C11H20N2. The van der Waals surface area contributed by atoms with E-state index in [1.807, 2.05) is 0 Å². The minimum absolute atomic E-state index is 0.638. The van der Waals surface area contributed by atoms with E-state index >= 15 is 0 Å². The number of nitrogens with zero attached hydrogens (tertiary/aromatic N) is 1. The highest BCUT2D eigenvalue weighted by Crippen LogP contribution is 2.28. The minimum atomic E-state index is 0.638. The lowest BCUT2D eigenvalue weighted by atomic mass is 9.80. The summed E-state index contributed by atoms with van der Waals surface area (Å²) in [6, 6.07) is 2.83. The van der Waals surface area contributed by atoms with E-state index in [1.54, 1.807) is 0 Å². The lowest BCUT2D eigenvalue weighted by molar-refractivity contribution is 0.240. The molecule has 1 saturated carbocycles. The smallest absolute Gasteiger partial charge is 0.0635 e. The van der Waals surface area contributed by atoms with Gasteiger partial charge in [0.05, 0.1) is 6.07 Å². The zero-order valence-corrected chi connectivity index (χ0v) is 8.71. The normalized spacial score (nSPS) is 34.1. The monoisotopic (exact) mass is 180 g/mol. The maximum Gasteiger partial charge on any atom is 0.0635 e. The Morgan fingerprint density at radius 1 is 1.23 bits per heavy atom. The van der Waals surface area contributed by atoms with E-state index < -0.39 is 0 Å². The molecule has 0 aromatic carbocycles. The van der Waals surface area contributed by atoms with Gasteiger partial charge in [-0.15, -0.1) is 0 Å². The molecule has 1 rings (SSSR count). The number of hydrogen-bond acceptors (Lipinski definition) is 2. The summed E-state index contributed by atoms with van der Waals surface area (Å²) in [5.74, 6) is 1.70. The Labute approximate surface area is 81.3 Å². The molecule has 0 bridgehead atoms. The molecule has 0 spiro atoms. The van der Waals surface area contributed by atoms with Crippen LogP contribution in [0.1, 0.15) is 39.5 Å². The van der Waals surface area contributed by atoms with Crippen molar-refractivity contribution >= 4 is 0 Å². The van der Waals surface area contributed by atoms with Gasteiger partial charge in [0.1, 0.15) is 0 Å². The van der Waals surface area contributed by atoms with E-state index in [2.05, 4.69) is 25.2 Å². The van der Waals surface area contributed by atoms with Crippen LogP contribution in [0.3, 0.4) is 0 Å². The Morgan fingerprint density at radius 2 is 1.85 bits per heavy atom. The van der Waals surface area contributed by atoms with Gasteiger partial charge in [0, 0.05) is 19.0 Å². The van der Waals surface area contributed by atoms with E-state index in [0.717, 1.165) is 18.4 Å². The maximum absolute atomic E-state index is 8.41. The molecule has 2 nitrogen and oxygen atoms in total. The van der Waals surface area contributed by atoms with Crippen molar-refractivity contribution in [1.29, 1.82) is 5.26 Å². The van der Waals surface area contributed by atoms with Gasteiger partial charge in [-0.1, -0.05) is 13.8 Å². The quantitative estimate of drug-likeness (QED) is 0.676. The second kappa shape index (κ2) is 5.24. The molecule has 0 radical (unpaired) electrons. The summed E-state index contributed by atoms with van der Waals surface area (Å²) in [5, 5.41) is 11.9. The summed E-state index contributed by atoms with van der Waals surface area (Å²) < 4.78 is 0. The van der Waals surface area contributed by atoms with Gasteiger partial charge in [-0.05, 0) is 31.1 Å². The van der Waals surface area contributed by atoms with Crippen LogP contribution in [-0.4, -0.2) is 12.6 Å². The van der Waals surface area contributed by atoms with Crippen molar-refractivity contribution in [2.75, 3.05) is 6.54 Å². The number of rotatable bonds is 3. The fourth-order valence-electron chi connectivity index (χ4n) is 2.45. The van der Waals surface area contributed by atoms with Crippen LogP contribution in [0.2, 0.25) is 0 Å². The second-order valence-electron chi connectivity index (χ2n) is 4.48. The Kier molecular flexibility index (Phi) is 4.24. The average Bonchev–Trinajstić information content (AvgIpc) is 2.03. The van der Waals surface area contributed by atoms with Gasteiger partial charge in [-0.3, -0.25) is 0 Å². The highest BCUT2D eigenvalue weighted by atomic mass is 14.9. The Bertz CT molecular complexity index is 173. The first-order chi connectivity index (χ1) is 6.22. The van der Waals surface area contributed by atoms with Crippen molar-refractivity contribution in [2.24, 2.45) is 11.8 Å². The molecular weight excluding hydrogens is 160 g/mol. The predicted octanol–water partition coefficient (Wildman–Crippen LogP) is 2.31. The second-order valence-corrected chi connectivity index (χ2v) is 4.48. The highest BCUT2D eigenvalue weighted by Gasteiger charge is 2.22. The van der Waals surface area contributed by atoms with Gasteiger partial charge in [-0.25, -0.2) is 0 Å². The topological polar surface area (TPSA) is 35.8 Å². The van der Waals surface area contributed by atoms with Gasteiger partial charge in [0.2, 0.25) is 0 Å². The van der Waals surface area contributed by atoms with Crippen LogP contribution in [0.4, 0.5) is 0 Å². The molecule has 2 atom stereocenters. The fourth-order valence-corrected chi connectivity index (χ4v) is 2.45. The van der Waals surface area contributed by atoms with Crippen LogP contribution < -0.4 is 5.32 Å². The summed E-state index contributed by atoms with van der Waals surface area (Å²) in [4.78, 5) is 0. The molecule has 0 heterocycles. The molecule has 1 aliphatic rings. The molecule has 13 heavy (non-hydrogen) atoms. The van der Waals surface area contributed by atoms with Gasteiger partial charge >= 0.3 is 0 Å². The third-order valence-corrected chi connectivity index (χ3v) is 2.85. The molecule has 2 heteroatoms. The molecule has 1 fully saturated rings. The third kappa shape index (κ3) is 3.78. The summed E-state index contributed by atoms with van der Waals surface area (Å²) in [7, 11) is 0. The zero-order valence-electron chi connectivity index (χ0n) is 8.71. The van der Waals surface area contributed by atoms with Crippen LogP contribution in [0, 0.1) is 23.2 Å². The van der Waals surface area contributed by atoms with E-state index in [-0.39, 0.29) is 0 Å². The first kappa shape index (κ1) is 10.5. The molecule has 74 valence electrons. The van der Waals surface area contributed by atoms with Crippen molar-refractivity contribution in [2.45, 2.75) is 45.6 Å². The summed E-state index contributed by atoms with van der Waals surface area (Å²) in [6.07, 6.45) is 4.58. The van der Waals surface area contributed by atoms with Gasteiger partial charge in [0.25, 0.3) is 0 Å². The minimum Gasteiger partial charge on any atom is -0.313 e. The molecule has 0 aromatic heterocycles. The molecule has 0 saturated heterocycles. The fraction of sp³-hybridized carbons (Fsp3) is 0.909. The summed E-state index contributed by atoms with van der Waals surface area (Å²) in [5.41, 5.74) is 0. The van der Waals surface area contributed by atoms with Crippen molar-refractivity contribution in [1.82, 2.24) is 5.32 Å². The van der Waals surface area contributed by atoms with Crippen molar-refractivity contribution in [3.8, 4) is 6.07 Å². The van der Waals surface area contributed by atoms with E-state index in [9.17, 15) is 0 Å². The number of nitrogens with one attached hydrogen (secondary N) is 1. The standard InChI is InChI=1S/C11H20N2/c1-9-6-10(2)8-11(7-9)13-5-3-4-12/h9-11,13H,3,5-8H2,1-2H3. The SMILES string of the molecule is CC1CC(C)CC(NCCC#N)C1. The van der Waals surface area contributed by atoms with E-state index in [4.69, 9.17) is 5.26 Å². The predicted molar refractivity (Wildman–Crippen MR) is 54.2 cm³/mol. The largest absolute Gasteiger partial charge is 0.313 e. The van der Waals surface area contributed by atoms with Gasteiger partial charge in [0.15, 0.2) is 0 Å². The van der Waals surface area contributed by atoms with Crippen LogP contribution in [0.15, 0.2) is 0 Å². The summed E-state index contributed by atoms with van der Waals surface area (Å²) in [6.45, 7) is 5.52. The average molecular weight is 180 g/mol. The number of hydrogen-bond donors (Lipinski definition) is 1. The van der Waals surface area contributed by atoms with Crippen LogP contribution in [0.5, 0.6) is 0 Å². The first-order valence-corrected chi connectivity index (χ1v) is 5.32. The first-order valence-electron chi connectivity index (χ1n) is 5.32. The van der Waals surface area contributed by atoms with Crippen LogP contribution >= 0.6 is 0 Å². The molecule has 1 N–H and O–H groups in total. The van der Waals surface area contributed by atoms with Gasteiger partial charge in [-0.2, -0.15) is 5.26 Å². The Balaban J connectivity index is 2.22. The number of nitriles is 1.